The van der Waals surface area contributed by atoms with Crippen molar-refractivity contribution in [2.45, 2.75) is 24.0 Å². The van der Waals surface area contributed by atoms with Crippen LogP contribution < -0.4 is 0 Å². The predicted molar refractivity (Wildman–Crippen MR) is 80.3 cm³/mol. The molecule has 5 nitrogen and oxygen atoms in total. The van der Waals surface area contributed by atoms with Crippen LogP contribution in [0.3, 0.4) is 0 Å². The monoisotopic (exact) mass is 342 g/mol. The van der Waals surface area contributed by atoms with Gasteiger partial charge in [0.15, 0.2) is 5.65 Å². The molecular formula is C14H13F3N4OS. The molecule has 0 spiro atoms. The summed E-state index contributed by atoms with van der Waals surface area (Å²) in [4.78, 5) is 4.41. The van der Waals surface area contributed by atoms with Gasteiger partial charge in [-0.15, -0.1) is 22.0 Å². The van der Waals surface area contributed by atoms with Crippen molar-refractivity contribution in [2.75, 3.05) is 12.4 Å². The smallest absolute Gasteiger partial charge is 0.396 e. The number of hydrogen-bond acceptors (Lipinski definition) is 5. The Hall–Kier alpha value is -1.87. The fourth-order valence-electron chi connectivity index (χ4n) is 2.22. The van der Waals surface area contributed by atoms with Crippen LogP contribution in [0.25, 0.3) is 16.7 Å². The van der Waals surface area contributed by atoms with Crippen LogP contribution in [-0.4, -0.2) is 37.0 Å². The molecule has 3 rings (SSSR count). The summed E-state index contributed by atoms with van der Waals surface area (Å²) in [7, 11) is 0. The maximum absolute atomic E-state index is 13.2. The van der Waals surface area contributed by atoms with E-state index >= 15 is 0 Å². The Morgan fingerprint density at radius 1 is 1.13 bits per heavy atom. The van der Waals surface area contributed by atoms with Gasteiger partial charge in [0.1, 0.15) is 5.03 Å². The topological polar surface area (TPSA) is 63.3 Å². The van der Waals surface area contributed by atoms with E-state index in [1.54, 1.807) is 24.3 Å². The van der Waals surface area contributed by atoms with Crippen molar-refractivity contribution in [1.82, 2.24) is 19.6 Å². The summed E-state index contributed by atoms with van der Waals surface area (Å²) in [5.41, 5.74) is 0.875. The average Bonchev–Trinajstić information content (AvgIpc) is 2.97. The Balaban J connectivity index is 2.15. The van der Waals surface area contributed by atoms with Crippen molar-refractivity contribution in [3.8, 4) is 0 Å². The minimum atomic E-state index is -4.59. The third-order valence-corrected chi connectivity index (χ3v) is 4.28. The lowest BCUT2D eigenvalue weighted by Gasteiger charge is -2.09. The lowest BCUT2D eigenvalue weighted by atomic mass is 10.3. The van der Waals surface area contributed by atoms with Crippen LogP contribution in [0.1, 0.15) is 18.7 Å². The number of benzene rings is 1. The van der Waals surface area contributed by atoms with Crippen molar-refractivity contribution in [1.29, 1.82) is 0 Å². The molecule has 3 aromatic rings. The number of unbranched alkanes of at least 4 members (excludes halogenated alkanes) is 1. The van der Waals surface area contributed by atoms with Gasteiger partial charge in [-0.25, -0.2) is 4.98 Å². The molecule has 0 bridgehead atoms. The molecule has 0 aliphatic rings. The van der Waals surface area contributed by atoms with Gasteiger partial charge in [0.2, 0.25) is 5.82 Å². The number of alkyl halides is 3. The molecular weight excluding hydrogens is 329 g/mol. The number of hydrogen-bond donors (Lipinski definition) is 1. The molecule has 0 saturated carbocycles. The Morgan fingerprint density at radius 3 is 2.65 bits per heavy atom. The van der Waals surface area contributed by atoms with E-state index in [0.717, 1.165) is 10.8 Å². The molecule has 0 aliphatic carbocycles. The fourth-order valence-corrected chi connectivity index (χ4v) is 3.19. The number of aromatic nitrogens is 4. The molecule has 2 heterocycles. The fraction of sp³-hybridized carbons (Fsp3) is 0.357. The molecule has 0 amide bonds. The lowest BCUT2D eigenvalue weighted by Crippen LogP contribution is -2.11. The normalized spacial score (nSPS) is 12.3. The van der Waals surface area contributed by atoms with E-state index < -0.39 is 12.0 Å². The van der Waals surface area contributed by atoms with Gasteiger partial charge in [0.25, 0.3) is 0 Å². The third kappa shape index (κ3) is 3.11. The maximum Gasteiger partial charge on any atom is 0.452 e. The van der Waals surface area contributed by atoms with E-state index in [2.05, 4.69) is 15.2 Å². The van der Waals surface area contributed by atoms with E-state index in [1.807, 2.05) is 0 Å². The summed E-state index contributed by atoms with van der Waals surface area (Å²) in [5.74, 6) is -0.418. The minimum Gasteiger partial charge on any atom is -0.396 e. The van der Waals surface area contributed by atoms with Crippen LogP contribution in [0.15, 0.2) is 29.3 Å². The van der Waals surface area contributed by atoms with Gasteiger partial charge in [-0.3, -0.25) is 4.40 Å². The summed E-state index contributed by atoms with van der Waals surface area (Å²) >= 11 is 1.32. The van der Waals surface area contributed by atoms with Gasteiger partial charge in [0.05, 0.1) is 11.0 Å². The highest BCUT2D eigenvalue weighted by Crippen LogP contribution is 2.32. The first-order valence-corrected chi connectivity index (χ1v) is 7.95. The second-order valence-electron chi connectivity index (χ2n) is 4.87. The third-order valence-electron chi connectivity index (χ3n) is 3.24. The number of para-hydroxylation sites is 2. The first-order valence-electron chi connectivity index (χ1n) is 6.97. The second kappa shape index (κ2) is 6.32. The van der Waals surface area contributed by atoms with Crippen LogP contribution in [0, 0.1) is 0 Å². The van der Waals surface area contributed by atoms with E-state index in [0.29, 0.717) is 28.2 Å². The molecule has 0 unspecified atom stereocenters. The highest BCUT2D eigenvalue weighted by Gasteiger charge is 2.38. The summed E-state index contributed by atoms with van der Waals surface area (Å²) in [6.45, 7) is 0.0876. The van der Waals surface area contributed by atoms with Crippen LogP contribution in [-0.2, 0) is 6.18 Å². The Labute approximate surface area is 133 Å². The van der Waals surface area contributed by atoms with Crippen LogP contribution in [0.4, 0.5) is 13.2 Å². The van der Waals surface area contributed by atoms with Crippen LogP contribution in [0.5, 0.6) is 0 Å². The van der Waals surface area contributed by atoms with Gasteiger partial charge < -0.3 is 5.11 Å². The van der Waals surface area contributed by atoms with Gasteiger partial charge in [-0.05, 0) is 30.7 Å². The molecule has 1 N–H and O–H groups in total. The van der Waals surface area contributed by atoms with Crippen molar-refractivity contribution in [2.24, 2.45) is 0 Å². The first-order chi connectivity index (χ1) is 11.0. The van der Waals surface area contributed by atoms with Crippen LogP contribution in [0.2, 0.25) is 0 Å². The quantitative estimate of drug-likeness (QED) is 0.570. The highest BCUT2D eigenvalue weighted by molar-refractivity contribution is 7.99. The number of nitrogens with zero attached hydrogens (tertiary/aromatic N) is 4. The van der Waals surface area contributed by atoms with E-state index in [-0.39, 0.29) is 12.3 Å². The van der Waals surface area contributed by atoms with Gasteiger partial charge in [-0.2, -0.15) is 13.2 Å². The van der Waals surface area contributed by atoms with Crippen LogP contribution >= 0.6 is 11.8 Å². The molecule has 0 radical (unpaired) electrons. The highest BCUT2D eigenvalue weighted by atomic mass is 32.2. The maximum atomic E-state index is 13.2. The van der Waals surface area contributed by atoms with E-state index in [1.165, 1.54) is 11.8 Å². The van der Waals surface area contributed by atoms with Gasteiger partial charge in [-0.1, -0.05) is 12.1 Å². The number of halogens is 3. The lowest BCUT2D eigenvalue weighted by molar-refractivity contribution is -0.145. The number of fused-ring (bicyclic) bond motifs is 3. The van der Waals surface area contributed by atoms with Gasteiger partial charge >= 0.3 is 6.18 Å². The molecule has 2 aromatic heterocycles. The second-order valence-corrected chi connectivity index (χ2v) is 5.95. The molecule has 0 saturated heterocycles. The van der Waals surface area contributed by atoms with Crippen molar-refractivity contribution in [3.05, 3.63) is 30.1 Å². The summed E-state index contributed by atoms with van der Waals surface area (Å²) in [5, 5.41) is 16.2. The van der Waals surface area contributed by atoms with Crippen molar-refractivity contribution < 1.29 is 18.3 Å². The number of rotatable bonds is 5. The molecule has 0 atom stereocenters. The van der Waals surface area contributed by atoms with E-state index in [4.69, 9.17) is 5.11 Å². The summed E-state index contributed by atoms with van der Waals surface area (Å²) in [6.07, 6.45) is -3.22. The number of aliphatic hydroxyl groups is 1. The molecule has 23 heavy (non-hydrogen) atoms. The Morgan fingerprint density at radius 2 is 1.91 bits per heavy atom. The molecule has 122 valence electrons. The molecule has 0 aliphatic heterocycles. The zero-order chi connectivity index (χ0) is 16.4. The molecule has 1 aromatic carbocycles. The molecule has 0 fully saturated rings. The Bertz CT molecular complexity index is 834. The molecule has 9 heteroatoms. The number of thioether (sulfide) groups is 1. The Kier molecular flexibility index (Phi) is 4.40. The van der Waals surface area contributed by atoms with Crippen molar-refractivity contribution in [3.63, 3.8) is 0 Å². The zero-order valence-corrected chi connectivity index (χ0v) is 12.7. The first kappa shape index (κ1) is 16.0. The standard InChI is InChI=1S/C14H13F3N4OS/c15-14(16,17)13-20-19-11-12(23-8-4-3-7-22)18-9-5-1-2-6-10(9)21(11)13/h1-2,5-6,22H,3-4,7-8H2. The largest absolute Gasteiger partial charge is 0.452 e. The van der Waals surface area contributed by atoms with Crippen molar-refractivity contribution >= 4 is 28.4 Å². The predicted octanol–water partition coefficient (Wildman–Crippen LogP) is 3.16. The van der Waals surface area contributed by atoms with E-state index in [9.17, 15) is 13.2 Å². The zero-order valence-electron chi connectivity index (χ0n) is 11.9. The SMILES string of the molecule is OCCCCSc1nc2ccccc2n2c(C(F)(F)F)nnc12. The average molecular weight is 342 g/mol. The minimum absolute atomic E-state index is 0.0876. The number of aliphatic hydroxyl groups excluding tert-OH is 1. The summed E-state index contributed by atoms with van der Waals surface area (Å²) in [6, 6.07) is 6.59. The van der Waals surface area contributed by atoms with Gasteiger partial charge in [0, 0.05) is 6.61 Å². The summed E-state index contributed by atoms with van der Waals surface area (Å²) < 4.78 is 40.6.